The third-order valence-corrected chi connectivity index (χ3v) is 9.45. The molecule has 10 nitrogen and oxygen atoms in total. The quantitative estimate of drug-likeness (QED) is 0.198. The lowest BCUT2D eigenvalue weighted by molar-refractivity contribution is -0.160. The van der Waals surface area contributed by atoms with Gasteiger partial charge in [0.2, 0.25) is 0 Å². The Hall–Kier alpha value is -4.68. The summed E-state index contributed by atoms with van der Waals surface area (Å²) in [5.41, 5.74) is 6.11. The minimum absolute atomic E-state index is 0.265. The standard InChI is InChI=1S/C35H35FN6O4S/c1-17-21-9-8-12-45-29(21)24(36)14-22(17)28-23-15-26(33-39-31(40-47-33)19-10-11-25-20(13-19)16-37-42(25)7)41(6)32(23)38-18(2)27(28)30(34(43)44)46-35(3,4)5/h10-11,13-16,30H,8-9,12H2,1-7H3,(H,43,44)/t30-/m0/s1. The second-order valence-electron chi connectivity index (χ2n) is 13.0. The molecule has 242 valence electrons. The van der Waals surface area contributed by atoms with Crippen LogP contribution in [0.5, 0.6) is 5.75 Å². The third-order valence-electron chi connectivity index (χ3n) is 8.72. The number of carboxylic acids is 1. The van der Waals surface area contributed by atoms with Crippen LogP contribution in [0.3, 0.4) is 0 Å². The molecule has 1 N–H and O–H groups in total. The molecule has 1 aliphatic heterocycles. The van der Waals surface area contributed by atoms with E-state index in [0.29, 0.717) is 57.3 Å². The number of aliphatic carboxylic acids is 1. The van der Waals surface area contributed by atoms with Crippen molar-refractivity contribution in [2.45, 2.75) is 59.2 Å². The molecule has 1 aliphatic rings. The Labute approximate surface area is 275 Å². The predicted molar refractivity (Wildman–Crippen MR) is 179 cm³/mol. The minimum Gasteiger partial charge on any atom is -0.490 e. The summed E-state index contributed by atoms with van der Waals surface area (Å²) in [4.78, 5) is 22.7. The fraction of sp³-hybridized carbons (Fsp3) is 0.343. The van der Waals surface area contributed by atoms with E-state index in [1.165, 1.54) is 17.6 Å². The molecule has 0 aliphatic carbocycles. The summed E-state index contributed by atoms with van der Waals surface area (Å²) in [5.74, 6) is -0.780. The summed E-state index contributed by atoms with van der Waals surface area (Å²) < 4.78 is 36.1. The Bertz CT molecular complexity index is 2230. The van der Waals surface area contributed by atoms with Crippen molar-refractivity contribution in [2.24, 2.45) is 14.1 Å². The summed E-state index contributed by atoms with van der Waals surface area (Å²) in [5, 5.41) is 17.2. The summed E-state index contributed by atoms with van der Waals surface area (Å²) in [6.45, 7) is 9.60. The van der Waals surface area contributed by atoms with Crippen molar-refractivity contribution >= 4 is 39.4 Å². The first-order chi connectivity index (χ1) is 22.3. The Balaban J connectivity index is 1.46. The smallest absolute Gasteiger partial charge is 0.337 e. The van der Waals surface area contributed by atoms with Crippen LogP contribution in [0.15, 0.2) is 36.5 Å². The lowest BCUT2D eigenvalue weighted by Gasteiger charge is -2.29. The molecule has 1 atom stereocenters. The van der Waals surface area contributed by atoms with E-state index in [2.05, 4.69) is 9.47 Å². The van der Waals surface area contributed by atoms with Crippen molar-refractivity contribution < 1.29 is 23.8 Å². The second-order valence-corrected chi connectivity index (χ2v) is 13.8. The van der Waals surface area contributed by atoms with Crippen LogP contribution in [0.1, 0.15) is 55.7 Å². The van der Waals surface area contributed by atoms with Crippen LogP contribution >= 0.6 is 11.5 Å². The Morgan fingerprint density at radius 2 is 1.94 bits per heavy atom. The molecule has 0 fully saturated rings. The molecule has 12 heteroatoms. The molecule has 6 aromatic rings. The van der Waals surface area contributed by atoms with Gasteiger partial charge in [-0.05, 0) is 100 Å². The molecular weight excluding hydrogens is 619 g/mol. The lowest BCUT2D eigenvalue weighted by atomic mass is 9.86. The first-order valence-electron chi connectivity index (χ1n) is 15.4. The Morgan fingerprint density at radius 3 is 2.68 bits per heavy atom. The number of hydrogen-bond acceptors (Lipinski definition) is 8. The first kappa shape index (κ1) is 30.9. The maximum absolute atomic E-state index is 15.8. The van der Waals surface area contributed by atoms with Gasteiger partial charge in [0.1, 0.15) is 5.65 Å². The molecule has 2 aromatic carbocycles. The average molecular weight is 655 g/mol. The number of carbonyl (C=O) groups is 1. The maximum Gasteiger partial charge on any atom is 0.337 e. The molecule has 0 unspecified atom stereocenters. The number of hydrogen-bond donors (Lipinski definition) is 1. The second kappa shape index (κ2) is 11.2. The zero-order valence-electron chi connectivity index (χ0n) is 27.3. The summed E-state index contributed by atoms with van der Waals surface area (Å²) in [6, 6.07) is 9.39. The van der Waals surface area contributed by atoms with E-state index in [1.54, 1.807) is 6.92 Å². The zero-order chi connectivity index (χ0) is 33.4. The number of carboxylic acid groups (broad SMARTS) is 1. The van der Waals surface area contributed by atoms with Gasteiger partial charge >= 0.3 is 5.97 Å². The normalized spacial score (nSPS) is 14.0. The van der Waals surface area contributed by atoms with Crippen LogP contribution in [-0.4, -0.2) is 52.0 Å². The van der Waals surface area contributed by atoms with Crippen LogP contribution in [0.4, 0.5) is 4.39 Å². The molecule has 0 radical (unpaired) electrons. The minimum atomic E-state index is -1.35. The Kier molecular flexibility index (Phi) is 7.40. The largest absolute Gasteiger partial charge is 0.490 e. The maximum atomic E-state index is 15.8. The number of nitrogens with zero attached hydrogens (tertiary/aromatic N) is 6. The number of benzene rings is 2. The molecule has 0 spiro atoms. The zero-order valence-corrected chi connectivity index (χ0v) is 28.1. The number of ether oxygens (including phenoxy) is 2. The monoisotopic (exact) mass is 654 g/mol. The van der Waals surface area contributed by atoms with Crippen LogP contribution in [0, 0.1) is 19.7 Å². The predicted octanol–water partition coefficient (Wildman–Crippen LogP) is 7.33. The van der Waals surface area contributed by atoms with E-state index in [1.807, 2.05) is 81.5 Å². The van der Waals surface area contributed by atoms with Gasteiger partial charge in [0.25, 0.3) is 0 Å². The number of halogens is 1. The van der Waals surface area contributed by atoms with Gasteiger partial charge in [-0.25, -0.2) is 19.2 Å². The van der Waals surface area contributed by atoms with Crippen molar-refractivity contribution in [2.75, 3.05) is 6.61 Å². The highest BCUT2D eigenvalue weighted by molar-refractivity contribution is 7.09. The van der Waals surface area contributed by atoms with Crippen molar-refractivity contribution in [3.8, 4) is 39.0 Å². The van der Waals surface area contributed by atoms with E-state index >= 15 is 4.39 Å². The summed E-state index contributed by atoms with van der Waals surface area (Å²) >= 11 is 1.26. The van der Waals surface area contributed by atoms with Crippen molar-refractivity contribution in [1.29, 1.82) is 0 Å². The summed E-state index contributed by atoms with van der Waals surface area (Å²) in [6.07, 6.45) is 1.89. The molecule has 7 rings (SSSR count). The van der Waals surface area contributed by atoms with E-state index in [0.717, 1.165) is 39.7 Å². The van der Waals surface area contributed by atoms with Crippen molar-refractivity contribution in [1.82, 2.24) is 28.7 Å². The molecule has 5 heterocycles. The molecule has 4 aromatic heterocycles. The van der Waals surface area contributed by atoms with Gasteiger partial charge in [-0.2, -0.15) is 9.47 Å². The number of aromatic nitrogens is 6. The van der Waals surface area contributed by atoms with E-state index < -0.39 is 23.5 Å². The Morgan fingerprint density at radius 1 is 1.15 bits per heavy atom. The van der Waals surface area contributed by atoms with Gasteiger partial charge in [0.05, 0.1) is 29.6 Å². The van der Waals surface area contributed by atoms with Gasteiger partial charge in [0, 0.05) is 52.8 Å². The topological polar surface area (TPSA) is 117 Å². The van der Waals surface area contributed by atoms with Gasteiger partial charge in [-0.3, -0.25) is 4.68 Å². The third kappa shape index (κ3) is 5.25. The van der Waals surface area contributed by atoms with E-state index in [4.69, 9.17) is 19.4 Å². The fourth-order valence-corrected chi connectivity index (χ4v) is 7.26. The van der Waals surface area contributed by atoms with Gasteiger partial charge in [-0.15, -0.1) is 0 Å². The fourth-order valence-electron chi connectivity index (χ4n) is 6.52. The van der Waals surface area contributed by atoms with Crippen LogP contribution < -0.4 is 4.74 Å². The van der Waals surface area contributed by atoms with Gasteiger partial charge in [0.15, 0.2) is 28.5 Å². The molecule has 0 saturated heterocycles. The molecule has 0 saturated carbocycles. The number of pyridine rings is 1. The van der Waals surface area contributed by atoms with E-state index in [9.17, 15) is 9.90 Å². The highest BCUT2D eigenvalue weighted by Crippen LogP contribution is 2.45. The van der Waals surface area contributed by atoms with Crippen LogP contribution in [-0.2, 0) is 30.0 Å². The number of fused-ring (bicyclic) bond motifs is 3. The molecule has 47 heavy (non-hydrogen) atoms. The van der Waals surface area contributed by atoms with E-state index in [-0.39, 0.29) is 5.75 Å². The number of aryl methyl sites for hydroxylation is 3. The molecule has 0 bridgehead atoms. The van der Waals surface area contributed by atoms with Crippen molar-refractivity contribution in [3.05, 3.63) is 64.7 Å². The van der Waals surface area contributed by atoms with Gasteiger partial charge in [-0.1, -0.05) is 0 Å². The first-order valence-corrected chi connectivity index (χ1v) is 16.2. The lowest BCUT2D eigenvalue weighted by Crippen LogP contribution is -2.28. The number of rotatable bonds is 6. The van der Waals surface area contributed by atoms with Gasteiger partial charge < -0.3 is 19.1 Å². The highest BCUT2D eigenvalue weighted by Gasteiger charge is 2.34. The SMILES string of the molecule is Cc1nc2c(cc(-c3nc(-c4ccc5c(cnn5C)c4)ns3)n2C)c(-c2cc(F)c3c(c2C)CCCO3)c1[C@H](OC(C)(C)C)C(=O)O. The van der Waals surface area contributed by atoms with Crippen molar-refractivity contribution in [3.63, 3.8) is 0 Å². The summed E-state index contributed by atoms with van der Waals surface area (Å²) in [7, 11) is 3.79. The molecule has 0 amide bonds. The molecular formula is C35H35FN6O4S. The van der Waals surface area contributed by atoms with Crippen LogP contribution in [0.25, 0.3) is 55.2 Å². The average Bonchev–Trinajstić information content (AvgIpc) is 3.74. The van der Waals surface area contributed by atoms with Crippen LogP contribution in [0.2, 0.25) is 0 Å². The highest BCUT2D eigenvalue weighted by atomic mass is 32.1.